The summed E-state index contributed by atoms with van der Waals surface area (Å²) in [4.78, 5) is 35.8. The minimum Gasteiger partial charge on any atom is -0.511 e. The van der Waals surface area contributed by atoms with E-state index in [0.717, 1.165) is 11.1 Å². The molecule has 6 nitrogen and oxygen atoms in total. The van der Waals surface area contributed by atoms with Crippen LogP contribution in [0.2, 0.25) is 0 Å². The van der Waals surface area contributed by atoms with E-state index in [1.165, 1.54) is 0 Å². The Balaban J connectivity index is 1.46. The van der Waals surface area contributed by atoms with Gasteiger partial charge in [0.1, 0.15) is 11.5 Å². The number of unbranched alkanes of at least 4 members (excludes halogenated alkanes) is 1. The average molecular weight is 569 g/mol. The van der Waals surface area contributed by atoms with E-state index in [9.17, 15) is 19.8 Å². The van der Waals surface area contributed by atoms with Crippen molar-refractivity contribution >= 4 is 23.0 Å². The van der Waals surface area contributed by atoms with E-state index in [4.69, 9.17) is 9.98 Å². The number of aliphatic hydroxyl groups is 2. The van der Waals surface area contributed by atoms with Gasteiger partial charge in [-0.2, -0.15) is 0 Å². The van der Waals surface area contributed by atoms with Crippen molar-refractivity contribution in [3.63, 3.8) is 0 Å². The third-order valence-electron chi connectivity index (χ3n) is 7.95. The van der Waals surface area contributed by atoms with Gasteiger partial charge >= 0.3 is 0 Å². The lowest BCUT2D eigenvalue weighted by Gasteiger charge is -2.31. The van der Waals surface area contributed by atoms with Gasteiger partial charge in [-0.1, -0.05) is 88.4 Å². The first-order valence-corrected chi connectivity index (χ1v) is 15.0. The maximum atomic E-state index is 13.1. The highest BCUT2D eigenvalue weighted by molar-refractivity contribution is 6.25. The molecule has 0 spiro atoms. The van der Waals surface area contributed by atoms with Gasteiger partial charge in [0.2, 0.25) is 0 Å². The van der Waals surface area contributed by atoms with E-state index in [-0.39, 0.29) is 33.9 Å². The van der Waals surface area contributed by atoms with Gasteiger partial charge in [0.25, 0.3) is 0 Å². The first-order valence-electron chi connectivity index (χ1n) is 15.0. The Morgan fingerprint density at radius 2 is 0.976 bits per heavy atom. The lowest BCUT2D eigenvalue weighted by molar-refractivity contribution is -0.118. The summed E-state index contributed by atoms with van der Waals surface area (Å²) in [6.45, 7) is 9.13. The summed E-state index contributed by atoms with van der Waals surface area (Å²) < 4.78 is 0. The summed E-state index contributed by atoms with van der Waals surface area (Å²) in [6, 6.07) is 19.8. The number of hydrogen-bond donors (Lipinski definition) is 2. The second kappa shape index (κ2) is 13.5. The molecule has 2 N–H and O–H groups in total. The van der Waals surface area contributed by atoms with Crippen LogP contribution in [-0.2, 0) is 22.7 Å². The minimum absolute atomic E-state index is 0.0649. The Kier molecular flexibility index (Phi) is 9.97. The second-order valence-corrected chi connectivity index (χ2v) is 13.2. The van der Waals surface area contributed by atoms with Gasteiger partial charge < -0.3 is 10.2 Å². The number of aliphatic hydroxyl groups excluding tert-OH is 2. The summed E-state index contributed by atoms with van der Waals surface area (Å²) in [5.41, 5.74) is 3.71. The molecule has 0 unspecified atom stereocenters. The van der Waals surface area contributed by atoms with Crippen molar-refractivity contribution in [2.75, 3.05) is 0 Å². The van der Waals surface area contributed by atoms with E-state index in [1.807, 2.05) is 60.7 Å². The van der Waals surface area contributed by atoms with Crippen LogP contribution in [0.4, 0.5) is 0 Å². The van der Waals surface area contributed by atoms with Crippen LogP contribution in [0.1, 0.15) is 90.2 Å². The highest BCUT2D eigenvalue weighted by Gasteiger charge is 2.37. The average Bonchev–Trinajstić information content (AvgIpc) is 2.92. The lowest BCUT2D eigenvalue weighted by atomic mass is 9.73. The van der Waals surface area contributed by atoms with Crippen LogP contribution in [0.25, 0.3) is 0 Å². The molecule has 2 aliphatic carbocycles. The second-order valence-electron chi connectivity index (χ2n) is 13.2. The molecule has 2 fully saturated rings. The number of benzene rings is 2. The minimum atomic E-state index is -0.213. The molecule has 2 aromatic carbocycles. The van der Waals surface area contributed by atoms with E-state index >= 15 is 0 Å². The van der Waals surface area contributed by atoms with Crippen LogP contribution in [0.5, 0.6) is 0 Å². The zero-order valence-corrected chi connectivity index (χ0v) is 25.4. The van der Waals surface area contributed by atoms with Crippen LogP contribution < -0.4 is 0 Å². The molecule has 2 saturated carbocycles. The van der Waals surface area contributed by atoms with Gasteiger partial charge in [-0.3, -0.25) is 19.6 Å². The molecule has 2 aromatic rings. The predicted octanol–water partition coefficient (Wildman–Crippen LogP) is 8.23. The number of nitrogens with zero attached hydrogens (tertiary/aromatic N) is 2. The molecule has 0 atom stereocenters. The van der Waals surface area contributed by atoms with Gasteiger partial charge in [0, 0.05) is 37.1 Å². The Hall–Kier alpha value is -3.80. The van der Waals surface area contributed by atoms with Crippen molar-refractivity contribution in [3.05, 3.63) is 94.5 Å². The zero-order chi connectivity index (χ0) is 30.3. The first kappa shape index (κ1) is 31.1. The summed E-state index contributed by atoms with van der Waals surface area (Å²) in [7, 11) is 0. The van der Waals surface area contributed by atoms with Crippen molar-refractivity contribution in [2.24, 2.45) is 20.8 Å². The fourth-order valence-corrected chi connectivity index (χ4v) is 5.88. The van der Waals surface area contributed by atoms with Gasteiger partial charge in [-0.25, -0.2) is 0 Å². The van der Waals surface area contributed by atoms with Crippen LogP contribution in [0.3, 0.4) is 0 Å². The fraction of sp³-hybridized carbons (Fsp3) is 0.444. The number of ketones is 2. The molecule has 0 aliphatic heterocycles. The molecule has 4 rings (SSSR count). The highest BCUT2D eigenvalue weighted by atomic mass is 16.3. The Morgan fingerprint density at radius 3 is 1.33 bits per heavy atom. The topological polar surface area (TPSA) is 99.3 Å². The lowest BCUT2D eigenvalue weighted by Crippen LogP contribution is -2.33. The number of hydrogen-bond acceptors (Lipinski definition) is 6. The van der Waals surface area contributed by atoms with Crippen LogP contribution in [0.15, 0.2) is 93.3 Å². The number of Topliss-reactive ketones (excluding diaryl/α,β-unsaturated/α-hetero) is 2. The summed E-state index contributed by atoms with van der Waals surface area (Å²) in [5.74, 6) is -0.0180. The molecule has 42 heavy (non-hydrogen) atoms. The summed E-state index contributed by atoms with van der Waals surface area (Å²) in [5, 5.41) is 22.1. The molecule has 0 radical (unpaired) electrons. The van der Waals surface area contributed by atoms with Crippen molar-refractivity contribution in [1.29, 1.82) is 0 Å². The standard InChI is InChI=1S/C36H44N2O4/c1-35(2)19-27(37-23-25-13-7-5-8-14-25)33(31(41)21-35)29(39)17-11-12-18-30(40)34-28(20-36(3,4)22-32(34)42)38-24-26-15-9-6-10-16-26/h5-10,13-16,39-40H,11-12,17-24H2,1-4H3/b33-29+,34-30+,37-27?,38-28?. The van der Waals surface area contributed by atoms with Crippen molar-refractivity contribution < 1.29 is 19.8 Å². The fourth-order valence-electron chi connectivity index (χ4n) is 5.88. The number of carbonyl (C=O) groups excluding carboxylic acids is 2. The quantitative estimate of drug-likeness (QED) is 0.181. The summed E-state index contributed by atoms with van der Waals surface area (Å²) >= 11 is 0. The van der Waals surface area contributed by atoms with Gasteiger partial charge in [0.15, 0.2) is 11.6 Å². The predicted molar refractivity (Wildman–Crippen MR) is 169 cm³/mol. The molecule has 222 valence electrons. The van der Waals surface area contributed by atoms with Crippen LogP contribution in [0, 0.1) is 10.8 Å². The van der Waals surface area contributed by atoms with Gasteiger partial charge in [-0.05, 0) is 47.6 Å². The Morgan fingerprint density at radius 1 is 0.619 bits per heavy atom. The zero-order valence-electron chi connectivity index (χ0n) is 25.4. The molecule has 0 bridgehead atoms. The number of carbonyl (C=O) groups is 2. The van der Waals surface area contributed by atoms with E-state index < -0.39 is 0 Å². The Labute approximate surface area is 250 Å². The summed E-state index contributed by atoms with van der Waals surface area (Å²) in [6.07, 6.45) is 3.73. The maximum absolute atomic E-state index is 13.1. The maximum Gasteiger partial charge on any atom is 0.168 e. The van der Waals surface area contributed by atoms with Crippen LogP contribution >= 0.6 is 0 Å². The molecule has 0 aromatic heterocycles. The van der Waals surface area contributed by atoms with Gasteiger partial charge in [-0.15, -0.1) is 0 Å². The van der Waals surface area contributed by atoms with E-state index in [1.54, 1.807) is 0 Å². The van der Waals surface area contributed by atoms with Gasteiger partial charge in [0.05, 0.1) is 24.2 Å². The van der Waals surface area contributed by atoms with Crippen molar-refractivity contribution in [3.8, 4) is 0 Å². The highest BCUT2D eigenvalue weighted by Crippen LogP contribution is 2.37. The monoisotopic (exact) mass is 568 g/mol. The molecular formula is C36H44N2O4. The van der Waals surface area contributed by atoms with E-state index in [0.29, 0.717) is 87.0 Å². The third kappa shape index (κ3) is 8.37. The first-order chi connectivity index (χ1) is 19.9. The molecular weight excluding hydrogens is 524 g/mol. The smallest absolute Gasteiger partial charge is 0.168 e. The third-order valence-corrected chi connectivity index (χ3v) is 7.95. The molecule has 0 heterocycles. The van der Waals surface area contributed by atoms with Crippen molar-refractivity contribution in [2.45, 2.75) is 92.2 Å². The van der Waals surface area contributed by atoms with Crippen molar-refractivity contribution in [1.82, 2.24) is 0 Å². The SMILES string of the molecule is CC1(C)CC(=O)/C(=C(/O)CCCC/C(O)=C2\C(=O)CC(C)(C)CC2=NCc2ccccc2)C(=NCc2ccccc2)C1. The normalized spacial score (nSPS) is 22.9. The molecule has 6 heteroatoms. The molecule has 0 amide bonds. The number of aliphatic imine (C=N–C) groups is 2. The Bertz CT molecular complexity index is 1300. The number of rotatable bonds is 9. The number of allylic oxidation sites excluding steroid dienone is 4. The largest absolute Gasteiger partial charge is 0.511 e. The molecule has 0 saturated heterocycles. The molecule has 2 aliphatic rings. The van der Waals surface area contributed by atoms with E-state index in [2.05, 4.69) is 27.7 Å². The van der Waals surface area contributed by atoms with Crippen LogP contribution in [-0.4, -0.2) is 33.2 Å².